The van der Waals surface area contributed by atoms with Crippen molar-refractivity contribution in [2.75, 3.05) is 6.54 Å². The zero-order valence-electron chi connectivity index (χ0n) is 13.0. The van der Waals surface area contributed by atoms with E-state index in [2.05, 4.69) is 11.4 Å². The van der Waals surface area contributed by atoms with Crippen molar-refractivity contribution in [3.63, 3.8) is 0 Å². The molecule has 1 aliphatic rings. The maximum Gasteiger partial charge on any atom is 0.260 e. The first-order valence-corrected chi connectivity index (χ1v) is 7.84. The summed E-state index contributed by atoms with van der Waals surface area (Å²) in [5.41, 5.74) is 2.66. The summed E-state index contributed by atoms with van der Waals surface area (Å²) in [6, 6.07) is 7.75. The molecule has 0 radical (unpaired) electrons. The van der Waals surface area contributed by atoms with Crippen LogP contribution in [0, 0.1) is 6.92 Å². The van der Waals surface area contributed by atoms with Crippen molar-refractivity contribution >= 4 is 5.91 Å². The highest BCUT2D eigenvalue weighted by molar-refractivity contribution is 5.80. The standard InChI is InChI=1S/C18H25NO2/c1-14-8-10-17(11-9-14)21-15(2)18(20)19-13-12-16-6-4-3-5-7-16/h6,8-11,15H,3-5,7,12-13H2,1-2H3,(H,19,20). The molecule has 114 valence electrons. The maximum absolute atomic E-state index is 12.0. The summed E-state index contributed by atoms with van der Waals surface area (Å²) in [4.78, 5) is 12.0. The number of carbonyl (C=O) groups is 1. The van der Waals surface area contributed by atoms with Crippen molar-refractivity contribution in [3.05, 3.63) is 41.5 Å². The van der Waals surface area contributed by atoms with Crippen LogP contribution in [0.25, 0.3) is 0 Å². The van der Waals surface area contributed by atoms with Gasteiger partial charge in [-0.1, -0.05) is 29.3 Å². The molecule has 3 heteroatoms. The number of benzene rings is 1. The molecule has 1 N–H and O–H groups in total. The molecule has 1 amide bonds. The fraction of sp³-hybridized carbons (Fsp3) is 0.500. The van der Waals surface area contributed by atoms with E-state index < -0.39 is 6.10 Å². The minimum absolute atomic E-state index is 0.0491. The predicted molar refractivity (Wildman–Crippen MR) is 85.4 cm³/mol. The Kier molecular flexibility index (Phi) is 5.85. The Balaban J connectivity index is 1.72. The predicted octanol–water partition coefficient (Wildman–Crippen LogP) is 3.77. The molecule has 1 unspecified atom stereocenters. The zero-order valence-corrected chi connectivity index (χ0v) is 13.0. The number of hydrogen-bond acceptors (Lipinski definition) is 2. The first-order valence-electron chi connectivity index (χ1n) is 7.84. The molecule has 0 saturated carbocycles. The maximum atomic E-state index is 12.0. The minimum atomic E-state index is -0.465. The van der Waals surface area contributed by atoms with Crippen molar-refractivity contribution in [2.45, 2.75) is 52.1 Å². The second-order valence-electron chi connectivity index (χ2n) is 5.72. The second kappa shape index (κ2) is 7.87. The summed E-state index contributed by atoms with van der Waals surface area (Å²) in [7, 11) is 0. The average molecular weight is 287 g/mol. The van der Waals surface area contributed by atoms with E-state index in [1.807, 2.05) is 31.2 Å². The van der Waals surface area contributed by atoms with Gasteiger partial charge < -0.3 is 10.1 Å². The fourth-order valence-electron chi connectivity index (χ4n) is 2.50. The van der Waals surface area contributed by atoms with Crippen molar-refractivity contribution in [1.82, 2.24) is 5.32 Å². The lowest BCUT2D eigenvalue weighted by Crippen LogP contribution is -2.36. The van der Waals surface area contributed by atoms with Gasteiger partial charge in [0.1, 0.15) is 5.75 Å². The summed E-state index contributed by atoms with van der Waals surface area (Å²) < 4.78 is 5.65. The minimum Gasteiger partial charge on any atom is -0.481 e. The van der Waals surface area contributed by atoms with Gasteiger partial charge in [-0.3, -0.25) is 4.79 Å². The lowest BCUT2D eigenvalue weighted by molar-refractivity contribution is -0.127. The molecule has 0 bridgehead atoms. The van der Waals surface area contributed by atoms with Crippen LogP contribution in [-0.2, 0) is 4.79 Å². The first-order chi connectivity index (χ1) is 10.1. The monoisotopic (exact) mass is 287 g/mol. The van der Waals surface area contributed by atoms with Gasteiger partial charge in [-0.25, -0.2) is 0 Å². The van der Waals surface area contributed by atoms with Crippen LogP contribution >= 0.6 is 0 Å². The quantitative estimate of drug-likeness (QED) is 0.809. The van der Waals surface area contributed by atoms with Crippen LogP contribution in [0.5, 0.6) is 5.75 Å². The number of amides is 1. The molecule has 0 saturated heterocycles. The van der Waals surface area contributed by atoms with E-state index in [0.29, 0.717) is 6.54 Å². The molecule has 1 aliphatic carbocycles. The van der Waals surface area contributed by atoms with Gasteiger partial charge in [0.05, 0.1) is 0 Å². The van der Waals surface area contributed by atoms with Gasteiger partial charge in [0.2, 0.25) is 0 Å². The number of allylic oxidation sites excluding steroid dienone is 1. The second-order valence-corrected chi connectivity index (χ2v) is 5.72. The van der Waals surface area contributed by atoms with E-state index in [0.717, 1.165) is 12.2 Å². The molecule has 0 spiro atoms. The van der Waals surface area contributed by atoms with Gasteiger partial charge in [-0.2, -0.15) is 0 Å². The van der Waals surface area contributed by atoms with Gasteiger partial charge >= 0.3 is 0 Å². The molecule has 1 aromatic carbocycles. The van der Waals surface area contributed by atoms with Gasteiger partial charge in [-0.15, -0.1) is 0 Å². The largest absolute Gasteiger partial charge is 0.481 e. The molecule has 1 atom stereocenters. The van der Waals surface area contributed by atoms with Crippen molar-refractivity contribution in [1.29, 1.82) is 0 Å². The highest BCUT2D eigenvalue weighted by Gasteiger charge is 2.14. The Morgan fingerprint density at radius 2 is 2.05 bits per heavy atom. The van der Waals surface area contributed by atoms with Crippen LogP contribution < -0.4 is 10.1 Å². The summed E-state index contributed by atoms with van der Waals surface area (Å²) in [5, 5.41) is 2.96. The summed E-state index contributed by atoms with van der Waals surface area (Å²) in [6.45, 7) is 4.52. The molecule has 0 aliphatic heterocycles. The van der Waals surface area contributed by atoms with Crippen LogP contribution in [0.4, 0.5) is 0 Å². The zero-order chi connectivity index (χ0) is 15.1. The van der Waals surface area contributed by atoms with Crippen molar-refractivity contribution in [2.24, 2.45) is 0 Å². The Bertz CT molecular complexity index is 490. The van der Waals surface area contributed by atoms with Crippen molar-refractivity contribution in [3.8, 4) is 5.75 Å². The molecule has 2 rings (SSSR count). The Morgan fingerprint density at radius 1 is 1.29 bits per heavy atom. The van der Waals surface area contributed by atoms with Crippen LogP contribution in [0.1, 0.15) is 44.6 Å². The highest BCUT2D eigenvalue weighted by Crippen LogP contribution is 2.19. The molecule has 0 heterocycles. The number of nitrogens with one attached hydrogen (secondary N) is 1. The number of hydrogen-bond donors (Lipinski definition) is 1. The van der Waals surface area contributed by atoms with E-state index in [9.17, 15) is 4.79 Å². The van der Waals surface area contributed by atoms with Crippen molar-refractivity contribution < 1.29 is 9.53 Å². The topological polar surface area (TPSA) is 38.3 Å². The molecular weight excluding hydrogens is 262 g/mol. The fourth-order valence-corrected chi connectivity index (χ4v) is 2.50. The van der Waals surface area contributed by atoms with E-state index >= 15 is 0 Å². The van der Waals surface area contributed by atoms with Crippen LogP contribution in [0.2, 0.25) is 0 Å². The molecule has 3 nitrogen and oxygen atoms in total. The van der Waals surface area contributed by atoms with Gasteiger partial charge in [-0.05, 0) is 58.1 Å². The normalized spacial score (nSPS) is 16.0. The summed E-state index contributed by atoms with van der Waals surface area (Å²) in [6.07, 6.45) is 7.78. The Morgan fingerprint density at radius 3 is 2.71 bits per heavy atom. The van der Waals surface area contributed by atoms with Crippen LogP contribution in [0.15, 0.2) is 35.9 Å². The summed E-state index contributed by atoms with van der Waals surface area (Å²) >= 11 is 0. The number of aryl methyl sites for hydroxylation is 1. The van der Waals surface area contributed by atoms with Crippen LogP contribution in [-0.4, -0.2) is 18.6 Å². The smallest absolute Gasteiger partial charge is 0.260 e. The van der Waals surface area contributed by atoms with E-state index in [4.69, 9.17) is 4.74 Å². The number of ether oxygens (including phenoxy) is 1. The molecule has 0 aromatic heterocycles. The Labute approximate surface area is 127 Å². The third-order valence-electron chi connectivity index (χ3n) is 3.83. The number of rotatable bonds is 6. The molecular formula is C18H25NO2. The van der Waals surface area contributed by atoms with Gasteiger partial charge in [0.15, 0.2) is 6.10 Å². The SMILES string of the molecule is Cc1ccc(OC(C)C(=O)NCCC2=CCCCC2)cc1. The molecule has 0 fully saturated rings. The summed E-state index contributed by atoms with van der Waals surface area (Å²) in [5.74, 6) is 0.685. The van der Waals surface area contributed by atoms with Crippen LogP contribution in [0.3, 0.4) is 0 Å². The highest BCUT2D eigenvalue weighted by atomic mass is 16.5. The first kappa shape index (κ1) is 15.6. The van der Waals surface area contributed by atoms with E-state index in [1.54, 1.807) is 6.92 Å². The van der Waals surface area contributed by atoms with Gasteiger partial charge in [0, 0.05) is 6.54 Å². The lowest BCUT2D eigenvalue weighted by atomic mass is 9.97. The molecule has 21 heavy (non-hydrogen) atoms. The number of carbonyl (C=O) groups excluding carboxylic acids is 1. The Hall–Kier alpha value is -1.77. The average Bonchev–Trinajstić information content (AvgIpc) is 2.50. The van der Waals surface area contributed by atoms with Gasteiger partial charge in [0.25, 0.3) is 5.91 Å². The van der Waals surface area contributed by atoms with E-state index in [1.165, 1.54) is 36.8 Å². The molecule has 1 aromatic rings. The third kappa shape index (κ3) is 5.25. The lowest BCUT2D eigenvalue weighted by Gasteiger charge is -2.16. The van der Waals surface area contributed by atoms with E-state index in [-0.39, 0.29) is 5.91 Å². The third-order valence-corrected chi connectivity index (χ3v) is 3.83.